The van der Waals surface area contributed by atoms with Crippen LogP contribution in [0.3, 0.4) is 0 Å². The number of fused-ring (bicyclic) bond motifs is 1. The van der Waals surface area contributed by atoms with Crippen molar-refractivity contribution in [1.29, 1.82) is 0 Å². The van der Waals surface area contributed by atoms with Gasteiger partial charge in [-0.2, -0.15) is 13.2 Å². The third kappa shape index (κ3) is 1.92. The second-order valence-corrected chi connectivity index (χ2v) is 4.88. The van der Waals surface area contributed by atoms with Crippen LogP contribution in [0.5, 0.6) is 0 Å². The lowest BCUT2D eigenvalue weighted by molar-refractivity contribution is -0.0188. The molecule has 1 unspecified atom stereocenters. The Bertz CT molecular complexity index is 657. The summed E-state index contributed by atoms with van der Waals surface area (Å²) in [6.07, 6.45) is 1.42. The van der Waals surface area contributed by atoms with E-state index < -0.39 is 16.2 Å². The Morgan fingerprint density at radius 3 is 2.59 bits per heavy atom. The van der Waals surface area contributed by atoms with Gasteiger partial charge in [-0.1, -0.05) is 12.1 Å². The minimum Gasteiger partial charge on any atom is -0.376 e. The van der Waals surface area contributed by atoms with E-state index in [4.69, 9.17) is 10.1 Å². The van der Waals surface area contributed by atoms with Gasteiger partial charge in [-0.3, -0.25) is 4.55 Å². The highest BCUT2D eigenvalue weighted by Crippen LogP contribution is 2.30. The average Bonchev–Trinajstić information content (AvgIpc) is 2.28. The first kappa shape index (κ1) is 11.7. The first-order valence-electron chi connectivity index (χ1n) is 4.63. The van der Waals surface area contributed by atoms with Gasteiger partial charge in [0.25, 0.3) is 10.1 Å². The maximum absolute atomic E-state index is 11.1. The summed E-state index contributed by atoms with van der Waals surface area (Å²) in [5, 5.41) is 9.79. The lowest BCUT2D eigenvalue weighted by Crippen LogP contribution is -2.17. The van der Waals surface area contributed by atoms with Crippen LogP contribution in [-0.4, -0.2) is 28.6 Å². The van der Waals surface area contributed by atoms with E-state index in [2.05, 4.69) is 4.79 Å². The van der Waals surface area contributed by atoms with E-state index in [9.17, 15) is 13.5 Å². The Hall–Kier alpha value is -1.79. The predicted molar refractivity (Wildman–Crippen MR) is 58.9 cm³/mol. The smallest absolute Gasteiger partial charge is 0.324 e. The predicted octanol–water partition coefficient (Wildman–Crippen LogP) is 0.664. The molecule has 88 valence electrons. The summed E-state index contributed by atoms with van der Waals surface area (Å²) >= 11 is 0. The van der Waals surface area contributed by atoms with Gasteiger partial charge in [0, 0.05) is 17.2 Å². The fraction of sp³-hybridized carbons (Fsp3) is 0.100. The normalized spacial score (nSPS) is 18.7. The highest BCUT2D eigenvalue weighted by Gasteiger charge is 2.29. The number of rotatable bonds is 1. The fourth-order valence-electron chi connectivity index (χ4n) is 1.71. The Morgan fingerprint density at radius 1 is 1.29 bits per heavy atom. The quantitative estimate of drug-likeness (QED) is 0.434. The fourth-order valence-corrected chi connectivity index (χ4v) is 2.42. The highest BCUT2D eigenvalue weighted by molar-refractivity contribution is 7.85. The molecule has 1 aromatic rings. The van der Waals surface area contributed by atoms with Crippen molar-refractivity contribution in [2.75, 3.05) is 0 Å². The summed E-state index contributed by atoms with van der Waals surface area (Å²) < 4.78 is 31.3. The summed E-state index contributed by atoms with van der Waals surface area (Å²) in [7, 11) is -4.36. The summed E-state index contributed by atoms with van der Waals surface area (Å²) in [4.78, 5) is 2.60. The molecule has 0 saturated carbocycles. The van der Waals surface area contributed by atoms with Crippen molar-refractivity contribution in [2.45, 2.75) is 11.0 Å². The zero-order valence-electron chi connectivity index (χ0n) is 8.48. The zero-order chi connectivity index (χ0) is 12.6. The lowest BCUT2D eigenvalue weighted by atomic mass is 9.93. The number of benzene rings is 1. The van der Waals surface area contributed by atoms with Crippen LogP contribution in [0.25, 0.3) is 11.6 Å². The van der Waals surface area contributed by atoms with E-state index in [-0.39, 0.29) is 21.7 Å². The van der Waals surface area contributed by atoms with E-state index in [0.717, 1.165) is 0 Å². The molecule has 1 aliphatic rings. The number of nitrogens with zero attached hydrogens (tertiary/aromatic N) is 2. The van der Waals surface area contributed by atoms with Crippen molar-refractivity contribution < 1.29 is 22.9 Å². The Morgan fingerprint density at radius 2 is 2.00 bits per heavy atom. The Balaban J connectivity index is 2.75. The van der Waals surface area contributed by atoms with E-state index in [1.54, 1.807) is 0 Å². The van der Waals surface area contributed by atoms with Crippen molar-refractivity contribution in [3.05, 3.63) is 40.9 Å². The molecular weight excluding hydrogens is 244 g/mol. The molecule has 1 aliphatic carbocycles. The van der Waals surface area contributed by atoms with Gasteiger partial charge in [0.1, 0.15) is 4.90 Å². The van der Waals surface area contributed by atoms with Gasteiger partial charge in [0.2, 0.25) is 0 Å². The summed E-state index contributed by atoms with van der Waals surface area (Å²) in [5.41, 5.74) is 9.08. The number of hydrogen-bond acceptors (Lipinski definition) is 3. The molecule has 17 heavy (non-hydrogen) atoms. The maximum atomic E-state index is 11.1. The molecule has 0 aromatic heterocycles. The summed E-state index contributed by atoms with van der Waals surface area (Å²) in [6, 6.07) is 4.11. The van der Waals surface area contributed by atoms with Gasteiger partial charge in [-0.25, -0.2) is 0 Å². The van der Waals surface area contributed by atoms with Crippen LogP contribution < -0.4 is 0 Å². The van der Waals surface area contributed by atoms with Crippen molar-refractivity contribution >= 4 is 21.9 Å². The molecule has 6 nitrogen and oxygen atoms in total. The van der Waals surface area contributed by atoms with Crippen LogP contribution in [0, 0.1) is 0 Å². The largest absolute Gasteiger partial charge is 0.376 e. The molecule has 2 rings (SSSR count). The molecule has 0 aliphatic heterocycles. The molecule has 0 fully saturated rings. The lowest BCUT2D eigenvalue weighted by Gasteiger charge is -2.15. The summed E-state index contributed by atoms with van der Waals surface area (Å²) in [5.74, 6) is 0. The molecule has 0 spiro atoms. The third-order valence-corrected chi connectivity index (χ3v) is 3.40. The molecule has 1 aromatic carbocycles. The third-order valence-electron chi connectivity index (χ3n) is 2.49. The number of hydrogen-bond donors (Lipinski definition) is 2. The molecule has 7 heteroatoms. The molecule has 0 bridgehead atoms. The molecule has 0 amide bonds. The second-order valence-electron chi connectivity index (χ2n) is 3.49. The van der Waals surface area contributed by atoms with Gasteiger partial charge >= 0.3 is 5.71 Å². The number of aliphatic hydroxyl groups excluding tert-OH is 1. The van der Waals surface area contributed by atoms with Gasteiger partial charge in [0.05, 0.1) is 0 Å². The molecule has 0 saturated heterocycles. The zero-order valence-corrected chi connectivity index (χ0v) is 9.29. The second kappa shape index (κ2) is 3.90. The Kier molecular flexibility index (Phi) is 2.68. The van der Waals surface area contributed by atoms with Gasteiger partial charge in [-0.05, 0) is 12.1 Å². The van der Waals surface area contributed by atoms with Crippen LogP contribution in [0.2, 0.25) is 0 Å². The average molecular weight is 252 g/mol. The molecular formula is C10H8N2O4S. The molecule has 1 atom stereocenters. The van der Waals surface area contributed by atoms with Crippen LogP contribution in [0.4, 0.5) is 0 Å². The van der Waals surface area contributed by atoms with Crippen LogP contribution >= 0.6 is 0 Å². The monoisotopic (exact) mass is 252 g/mol. The SMILES string of the molecule is [N-]=[N+]=C1C=Cc2c(cccc2S(=O)(=O)O)C1O. The van der Waals surface area contributed by atoms with Gasteiger partial charge < -0.3 is 10.6 Å². The van der Waals surface area contributed by atoms with E-state index in [1.807, 2.05) is 0 Å². The van der Waals surface area contributed by atoms with Crippen molar-refractivity contribution in [3.63, 3.8) is 0 Å². The van der Waals surface area contributed by atoms with E-state index in [0.29, 0.717) is 0 Å². The molecule has 0 radical (unpaired) electrons. The van der Waals surface area contributed by atoms with Crippen LogP contribution in [0.1, 0.15) is 17.2 Å². The highest BCUT2D eigenvalue weighted by atomic mass is 32.2. The van der Waals surface area contributed by atoms with Crippen LogP contribution in [-0.2, 0) is 10.1 Å². The first-order valence-corrected chi connectivity index (χ1v) is 6.07. The van der Waals surface area contributed by atoms with Crippen molar-refractivity contribution in [1.82, 2.24) is 0 Å². The minimum absolute atomic E-state index is 0.00462. The van der Waals surface area contributed by atoms with Crippen molar-refractivity contribution in [2.24, 2.45) is 0 Å². The molecule has 2 N–H and O–H groups in total. The van der Waals surface area contributed by atoms with Gasteiger partial charge in [-0.15, -0.1) is 0 Å². The number of aliphatic hydroxyl groups is 1. The van der Waals surface area contributed by atoms with Gasteiger partial charge in [0.15, 0.2) is 6.10 Å². The summed E-state index contributed by atoms with van der Waals surface area (Å²) in [6.45, 7) is 0. The standard InChI is InChI=1S/C10H8N2O4S/c11-12-8-5-4-6-7(10(8)13)2-1-3-9(6)17(14,15)16/h1-5,10,13H,(H,14,15,16). The maximum Gasteiger partial charge on any atom is 0.324 e. The molecule has 0 heterocycles. The van der Waals surface area contributed by atoms with E-state index in [1.165, 1.54) is 30.4 Å². The van der Waals surface area contributed by atoms with E-state index >= 15 is 0 Å². The van der Waals surface area contributed by atoms with Crippen molar-refractivity contribution in [3.8, 4) is 0 Å². The first-order chi connectivity index (χ1) is 7.95. The Labute approximate surface area is 97.2 Å². The minimum atomic E-state index is -4.36. The topological polar surface area (TPSA) is 111 Å². The van der Waals surface area contributed by atoms with Crippen LogP contribution in [0.15, 0.2) is 29.2 Å².